The number of amides is 3. The molecule has 1 aliphatic rings. The molecule has 32 heavy (non-hydrogen) atoms. The number of hydrogen-bond acceptors (Lipinski definition) is 5. The van der Waals surface area contributed by atoms with Gasteiger partial charge in [0.05, 0.1) is 4.91 Å². The van der Waals surface area contributed by atoms with Gasteiger partial charge in [-0.2, -0.15) is 0 Å². The number of benzene rings is 3. The van der Waals surface area contributed by atoms with E-state index >= 15 is 0 Å². The molecule has 0 aliphatic carbocycles. The molecule has 0 aromatic heterocycles. The van der Waals surface area contributed by atoms with Crippen LogP contribution in [0.2, 0.25) is 0 Å². The lowest BCUT2D eigenvalue weighted by Crippen LogP contribution is -2.36. The van der Waals surface area contributed by atoms with Crippen LogP contribution in [0, 0.1) is 0 Å². The molecular formula is C25H20N2O4S. The number of thioether (sulfide) groups is 1. The Morgan fingerprint density at radius 3 is 2.25 bits per heavy atom. The number of carbonyl (C=O) groups excluding carboxylic acids is 3. The Hall–Kier alpha value is -3.84. The van der Waals surface area contributed by atoms with Gasteiger partial charge in [0.1, 0.15) is 18.9 Å². The summed E-state index contributed by atoms with van der Waals surface area (Å²) >= 11 is 0.832. The molecule has 1 fully saturated rings. The third-order valence-corrected chi connectivity index (χ3v) is 5.57. The Balaban J connectivity index is 1.32. The van der Waals surface area contributed by atoms with Gasteiger partial charge >= 0.3 is 0 Å². The van der Waals surface area contributed by atoms with Crippen LogP contribution in [0.15, 0.2) is 89.8 Å². The summed E-state index contributed by atoms with van der Waals surface area (Å²) in [5, 5.41) is 2.25. The molecule has 1 N–H and O–H groups in total. The van der Waals surface area contributed by atoms with Crippen molar-refractivity contribution >= 4 is 40.6 Å². The van der Waals surface area contributed by atoms with Crippen LogP contribution in [0.4, 0.5) is 10.5 Å². The largest absolute Gasteiger partial charge is 0.489 e. The number of hydrogen-bond donors (Lipinski definition) is 1. The molecule has 3 amide bonds. The van der Waals surface area contributed by atoms with E-state index in [0.29, 0.717) is 22.9 Å². The molecular weight excluding hydrogens is 424 g/mol. The van der Waals surface area contributed by atoms with Crippen LogP contribution in [-0.4, -0.2) is 28.5 Å². The van der Waals surface area contributed by atoms with Crippen molar-refractivity contribution in [2.24, 2.45) is 0 Å². The summed E-state index contributed by atoms with van der Waals surface area (Å²) in [7, 11) is 0. The quantitative estimate of drug-likeness (QED) is 0.523. The van der Waals surface area contributed by atoms with Gasteiger partial charge in [-0.1, -0.05) is 60.7 Å². The summed E-state index contributed by atoms with van der Waals surface area (Å²) in [6.45, 7) is 0.102. The maximum atomic E-state index is 12.6. The zero-order chi connectivity index (χ0) is 22.3. The minimum absolute atomic E-state index is 0.300. The second-order valence-corrected chi connectivity index (χ2v) is 8.02. The van der Waals surface area contributed by atoms with E-state index in [1.165, 1.54) is 0 Å². The van der Waals surface area contributed by atoms with Crippen LogP contribution < -0.4 is 10.1 Å². The Morgan fingerprint density at radius 1 is 0.906 bits per heavy atom. The van der Waals surface area contributed by atoms with E-state index in [0.717, 1.165) is 27.8 Å². The fraction of sp³-hybridized carbons (Fsp3) is 0.0800. The average Bonchev–Trinajstić information content (AvgIpc) is 3.07. The van der Waals surface area contributed by atoms with Gasteiger partial charge in [-0.25, -0.2) is 0 Å². The predicted molar refractivity (Wildman–Crippen MR) is 125 cm³/mol. The molecule has 3 aromatic carbocycles. The normalized spacial score (nSPS) is 14.6. The summed E-state index contributed by atoms with van der Waals surface area (Å²) < 4.78 is 5.73. The van der Waals surface area contributed by atoms with Gasteiger partial charge in [0.2, 0.25) is 5.91 Å². The van der Waals surface area contributed by atoms with Crippen molar-refractivity contribution in [2.45, 2.75) is 6.61 Å². The number of nitrogens with zero attached hydrogens (tertiary/aromatic N) is 1. The van der Waals surface area contributed by atoms with E-state index in [1.807, 2.05) is 60.7 Å². The van der Waals surface area contributed by atoms with Crippen molar-refractivity contribution < 1.29 is 19.1 Å². The van der Waals surface area contributed by atoms with Gasteiger partial charge in [-0.05, 0) is 53.2 Å². The van der Waals surface area contributed by atoms with Gasteiger partial charge in [-0.3, -0.25) is 19.3 Å². The number of imide groups is 1. The van der Waals surface area contributed by atoms with Crippen LogP contribution in [0.5, 0.6) is 5.75 Å². The van der Waals surface area contributed by atoms with Crippen molar-refractivity contribution in [1.29, 1.82) is 0 Å². The highest BCUT2D eigenvalue weighted by Crippen LogP contribution is 2.32. The van der Waals surface area contributed by atoms with E-state index in [4.69, 9.17) is 4.74 Å². The van der Waals surface area contributed by atoms with E-state index < -0.39 is 17.1 Å². The van der Waals surface area contributed by atoms with Crippen molar-refractivity contribution in [2.75, 3.05) is 11.9 Å². The molecule has 3 aromatic rings. The zero-order valence-electron chi connectivity index (χ0n) is 17.1. The lowest BCUT2D eigenvalue weighted by Gasteiger charge is -2.13. The van der Waals surface area contributed by atoms with E-state index in [-0.39, 0.29) is 6.54 Å². The van der Waals surface area contributed by atoms with Crippen molar-refractivity contribution in [3.05, 3.63) is 101 Å². The molecule has 7 heteroatoms. The lowest BCUT2D eigenvalue weighted by atomic mass is 10.2. The van der Waals surface area contributed by atoms with E-state index in [9.17, 15) is 14.4 Å². The van der Waals surface area contributed by atoms with Crippen molar-refractivity contribution in [3.63, 3.8) is 0 Å². The molecule has 1 heterocycles. The zero-order valence-corrected chi connectivity index (χ0v) is 17.9. The van der Waals surface area contributed by atoms with E-state index in [2.05, 4.69) is 5.32 Å². The van der Waals surface area contributed by atoms with Crippen LogP contribution >= 0.6 is 11.8 Å². The molecule has 1 saturated heterocycles. The average molecular weight is 445 g/mol. The van der Waals surface area contributed by atoms with Crippen LogP contribution in [0.3, 0.4) is 0 Å². The fourth-order valence-electron chi connectivity index (χ4n) is 3.06. The first-order valence-electron chi connectivity index (χ1n) is 9.95. The Morgan fingerprint density at radius 2 is 1.56 bits per heavy atom. The summed E-state index contributed by atoms with van der Waals surface area (Å²) in [6.07, 6.45) is 1.65. The monoisotopic (exact) mass is 444 g/mol. The predicted octanol–water partition coefficient (Wildman–Crippen LogP) is 4.94. The maximum absolute atomic E-state index is 12.6. The number of rotatable bonds is 7. The summed E-state index contributed by atoms with van der Waals surface area (Å²) in [4.78, 5) is 38.5. The summed E-state index contributed by atoms with van der Waals surface area (Å²) in [6, 6.07) is 26.0. The third-order valence-electron chi connectivity index (χ3n) is 4.66. The van der Waals surface area contributed by atoms with Gasteiger partial charge in [0, 0.05) is 5.69 Å². The smallest absolute Gasteiger partial charge is 0.294 e. The minimum atomic E-state index is -0.469. The summed E-state index contributed by atoms with van der Waals surface area (Å²) in [5.41, 5.74) is 2.43. The van der Waals surface area contributed by atoms with Gasteiger partial charge < -0.3 is 10.1 Å². The second-order valence-electron chi connectivity index (χ2n) is 7.03. The Labute approximate surface area is 189 Å². The topological polar surface area (TPSA) is 75.7 Å². The van der Waals surface area contributed by atoms with Crippen LogP contribution in [0.25, 0.3) is 6.08 Å². The summed E-state index contributed by atoms with van der Waals surface area (Å²) in [5.74, 6) is -0.251. The second kappa shape index (κ2) is 9.98. The maximum Gasteiger partial charge on any atom is 0.294 e. The number of nitrogens with one attached hydrogen (secondary N) is 1. The highest BCUT2D eigenvalue weighted by Gasteiger charge is 2.36. The minimum Gasteiger partial charge on any atom is -0.489 e. The molecule has 0 radical (unpaired) electrons. The van der Waals surface area contributed by atoms with Gasteiger partial charge in [0.15, 0.2) is 0 Å². The Bertz CT molecular complexity index is 1150. The number of anilines is 1. The van der Waals surface area contributed by atoms with Crippen LogP contribution in [-0.2, 0) is 16.2 Å². The first-order chi connectivity index (χ1) is 15.6. The standard InChI is InChI=1S/C25H20N2O4S/c28-23(16-27-24(29)22(32-25(27)30)15-18-7-3-1-4-8-18)26-20-11-13-21(14-12-20)31-17-19-9-5-2-6-10-19/h1-15H,16-17H2,(H,26,28)/b22-15+. The number of ether oxygens (including phenoxy) is 1. The fourth-order valence-corrected chi connectivity index (χ4v) is 3.89. The first-order valence-corrected chi connectivity index (χ1v) is 10.8. The SMILES string of the molecule is O=C(CN1C(=O)S/C(=C/c2ccccc2)C1=O)Nc1ccc(OCc2ccccc2)cc1. The van der Waals surface area contributed by atoms with Crippen LogP contribution in [0.1, 0.15) is 11.1 Å². The molecule has 0 spiro atoms. The third kappa shape index (κ3) is 5.44. The van der Waals surface area contributed by atoms with E-state index in [1.54, 1.807) is 30.3 Å². The molecule has 4 rings (SSSR count). The molecule has 1 aliphatic heterocycles. The van der Waals surface area contributed by atoms with Crippen molar-refractivity contribution in [1.82, 2.24) is 4.90 Å². The first kappa shape index (κ1) is 21.4. The lowest BCUT2D eigenvalue weighted by molar-refractivity contribution is -0.127. The molecule has 6 nitrogen and oxygen atoms in total. The highest BCUT2D eigenvalue weighted by molar-refractivity contribution is 8.18. The van der Waals surface area contributed by atoms with Gasteiger partial charge in [-0.15, -0.1) is 0 Å². The number of carbonyl (C=O) groups is 3. The molecule has 0 atom stereocenters. The highest BCUT2D eigenvalue weighted by atomic mass is 32.2. The molecule has 160 valence electrons. The molecule has 0 bridgehead atoms. The molecule has 0 unspecified atom stereocenters. The van der Waals surface area contributed by atoms with Gasteiger partial charge in [0.25, 0.3) is 11.1 Å². The molecule has 0 saturated carbocycles. The van der Waals surface area contributed by atoms with Crippen molar-refractivity contribution in [3.8, 4) is 5.75 Å². The Kier molecular flexibility index (Phi) is 6.67.